The third-order valence-corrected chi connectivity index (χ3v) is 4.67. The second-order valence-electron chi connectivity index (χ2n) is 6.73. The number of fused-ring (bicyclic) bond motifs is 1. The van der Waals surface area contributed by atoms with Crippen molar-refractivity contribution in [1.29, 1.82) is 0 Å². The fraction of sp³-hybridized carbons (Fsp3) is 0.350. The maximum atomic E-state index is 12.8. The van der Waals surface area contributed by atoms with Gasteiger partial charge in [0, 0.05) is 30.6 Å². The third-order valence-electron chi connectivity index (χ3n) is 4.67. The summed E-state index contributed by atoms with van der Waals surface area (Å²) in [5, 5.41) is 1.10. The minimum atomic E-state index is -0.0884. The van der Waals surface area contributed by atoms with E-state index in [4.69, 9.17) is 9.15 Å². The van der Waals surface area contributed by atoms with Crippen LogP contribution in [-0.4, -0.2) is 47.1 Å². The standard InChI is InChI=1S/C20H21N3O3/c1-14-10-22-18(11-21-14)20(24)23-5-7-25-13-16(12-23)8-15-2-3-17-4-6-26-19(17)9-15/h2-4,6,9-11,16H,5,7-8,12-13H2,1H3/t16-/m1/s1. The molecular formula is C20H21N3O3. The second kappa shape index (κ2) is 7.25. The highest BCUT2D eigenvalue weighted by Crippen LogP contribution is 2.21. The summed E-state index contributed by atoms with van der Waals surface area (Å²) < 4.78 is 11.2. The average Bonchev–Trinajstić information content (AvgIpc) is 2.99. The normalized spacial score (nSPS) is 18.0. The molecule has 1 aromatic carbocycles. The van der Waals surface area contributed by atoms with E-state index in [2.05, 4.69) is 28.2 Å². The highest BCUT2D eigenvalue weighted by Gasteiger charge is 2.24. The van der Waals surface area contributed by atoms with Crippen LogP contribution in [-0.2, 0) is 11.2 Å². The lowest BCUT2D eigenvalue weighted by atomic mass is 9.99. The quantitative estimate of drug-likeness (QED) is 0.726. The molecule has 0 saturated carbocycles. The van der Waals surface area contributed by atoms with Crippen molar-refractivity contribution in [3.8, 4) is 0 Å². The summed E-state index contributed by atoms with van der Waals surface area (Å²) in [4.78, 5) is 23.0. The molecule has 3 heterocycles. The topological polar surface area (TPSA) is 68.5 Å². The summed E-state index contributed by atoms with van der Waals surface area (Å²) in [7, 11) is 0. The van der Waals surface area contributed by atoms with Crippen molar-refractivity contribution < 1.29 is 13.9 Å². The van der Waals surface area contributed by atoms with E-state index in [1.54, 1.807) is 18.7 Å². The van der Waals surface area contributed by atoms with Crippen LogP contribution < -0.4 is 0 Å². The molecule has 1 aliphatic heterocycles. The number of aryl methyl sites for hydroxylation is 1. The van der Waals surface area contributed by atoms with Gasteiger partial charge in [-0.25, -0.2) is 4.98 Å². The van der Waals surface area contributed by atoms with Crippen molar-refractivity contribution in [3.05, 3.63) is 59.9 Å². The van der Waals surface area contributed by atoms with E-state index >= 15 is 0 Å². The van der Waals surface area contributed by atoms with Crippen molar-refractivity contribution in [2.24, 2.45) is 5.92 Å². The number of aromatic nitrogens is 2. The molecule has 1 amide bonds. The number of hydrogen-bond donors (Lipinski definition) is 0. The number of nitrogens with zero attached hydrogens (tertiary/aromatic N) is 3. The molecule has 0 N–H and O–H groups in total. The van der Waals surface area contributed by atoms with Crippen LogP contribution in [0.25, 0.3) is 11.0 Å². The number of furan rings is 1. The second-order valence-corrected chi connectivity index (χ2v) is 6.73. The molecular weight excluding hydrogens is 330 g/mol. The summed E-state index contributed by atoms with van der Waals surface area (Å²) in [6.07, 6.45) is 5.70. The van der Waals surface area contributed by atoms with E-state index in [9.17, 15) is 4.79 Å². The van der Waals surface area contributed by atoms with Gasteiger partial charge in [0.1, 0.15) is 11.3 Å². The minimum absolute atomic E-state index is 0.0884. The molecule has 4 rings (SSSR count). The van der Waals surface area contributed by atoms with Gasteiger partial charge >= 0.3 is 0 Å². The van der Waals surface area contributed by atoms with Gasteiger partial charge in [-0.3, -0.25) is 9.78 Å². The summed E-state index contributed by atoms with van der Waals surface area (Å²) in [5.74, 6) is 0.141. The molecule has 1 atom stereocenters. The average molecular weight is 351 g/mol. The molecule has 0 spiro atoms. The predicted molar refractivity (Wildman–Crippen MR) is 96.9 cm³/mol. The van der Waals surface area contributed by atoms with Gasteiger partial charge in [0.25, 0.3) is 5.91 Å². The molecule has 0 bridgehead atoms. The van der Waals surface area contributed by atoms with Crippen molar-refractivity contribution in [2.75, 3.05) is 26.3 Å². The first-order chi connectivity index (χ1) is 12.7. The Morgan fingerprint density at radius 3 is 3.04 bits per heavy atom. The largest absolute Gasteiger partial charge is 0.464 e. The van der Waals surface area contributed by atoms with E-state index in [0.717, 1.165) is 23.1 Å². The van der Waals surface area contributed by atoms with Crippen LogP contribution in [0.2, 0.25) is 0 Å². The Labute approximate surface area is 151 Å². The van der Waals surface area contributed by atoms with E-state index in [1.807, 2.05) is 17.9 Å². The Kier molecular flexibility index (Phi) is 4.67. The molecule has 0 aliphatic carbocycles. The van der Waals surface area contributed by atoms with Crippen molar-refractivity contribution in [3.63, 3.8) is 0 Å². The molecule has 2 aromatic heterocycles. The number of amides is 1. The van der Waals surface area contributed by atoms with Gasteiger partial charge in [-0.05, 0) is 31.0 Å². The minimum Gasteiger partial charge on any atom is -0.464 e. The van der Waals surface area contributed by atoms with Gasteiger partial charge < -0.3 is 14.1 Å². The van der Waals surface area contributed by atoms with Gasteiger partial charge in [-0.15, -0.1) is 0 Å². The Bertz CT molecular complexity index is 904. The Morgan fingerprint density at radius 1 is 1.27 bits per heavy atom. The van der Waals surface area contributed by atoms with E-state index in [0.29, 0.717) is 32.0 Å². The van der Waals surface area contributed by atoms with Crippen molar-refractivity contribution in [2.45, 2.75) is 13.3 Å². The molecule has 134 valence electrons. The van der Waals surface area contributed by atoms with E-state index < -0.39 is 0 Å². The molecule has 26 heavy (non-hydrogen) atoms. The summed E-state index contributed by atoms with van der Waals surface area (Å²) in [6, 6.07) is 8.20. The van der Waals surface area contributed by atoms with Crippen LogP contribution in [0.1, 0.15) is 21.7 Å². The lowest BCUT2D eigenvalue weighted by Gasteiger charge is -2.23. The maximum absolute atomic E-state index is 12.8. The van der Waals surface area contributed by atoms with Crippen molar-refractivity contribution >= 4 is 16.9 Å². The highest BCUT2D eigenvalue weighted by molar-refractivity contribution is 5.92. The summed E-state index contributed by atoms with van der Waals surface area (Å²) >= 11 is 0. The van der Waals surface area contributed by atoms with Crippen LogP contribution in [0, 0.1) is 12.8 Å². The van der Waals surface area contributed by atoms with E-state index in [1.165, 1.54) is 5.56 Å². The molecule has 6 heteroatoms. The fourth-order valence-corrected chi connectivity index (χ4v) is 3.31. The highest BCUT2D eigenvalue weighted by atomic mass is 16.5. The first-order valence-electron chi connectivity index (χ1n) is 8.81. The number of carbonyl (C=O) groups is 1. The number of benzene rings is 1. The van der Waals surface area contributed by atoms with Gasteiger partial charge in [0.15, 0.2) is 0 Å². The SMILES string of the molecule is Cc1cnc(C(=O)N2CCOC[C@H](Cc3ccc4ccoc4c3)C2)cn1. The lowest BCUT2D eigenvalue weighted by Crippen LogP contribution is -2.37. The summed E-state index contributed by atoms with van der Waals surface area (Å²) in [5.41, 5.74) is 3.26. The van der Waals surface area contributed by atoms with Crippen LogP contribution in [0.3, 0.4) is 0 Å². The number of carbonyl (C=O) groups excluding carboxylic acids is 1. The molecule has 3 aromatic rings. The molecule has 1 fully saturated rings. The van der Waals surface area contributed by atoms with Crippen LogP contribution in [0.5, 0.6) is 0 Å². The monoisotopic (exact) mass is 351 g/mol. The molecule has 6 nitrogen and oxygen atoms in total. The smallest absolute Gasteiger partial charge is 0.274 e. The molecule has 0 unspecified atom stereocenters. The van der Waals surface area contributed by atoms with Crippen LogP contribution in [0.4, 0.5) is 0 Å². The van der Waals surface area contributed by atoms with Gasteiger partial charge in [0.05, 0.1) is 31.4 Å². The fourth-order valence-electron chi connectivity index (χ4n) is 3.31. The van der Waals surface area contributed by atoms with Gasteiger partial charge in [-0.1, -0.05) is 12.1 Å². The Hall–Kier alpha value is -2.73. The summed E-state index contributed by atoms with van der Waals surface area (Å²) in [6.45, 7) is 4.25. The molecule has 1 aliphatic rings. The first-order valence-corrected chi connectivity index (χ1v) is 8.81. The maximum Gasteiger partial charge on any atom is 0.274 e. The molecule has 1 saturated heterocycles. The zero-order valence-electron chi connectivity index (χ0n) is 14.7. The zero-order chi connectivity index (χ0) is 17.9. The zero-order valence-corrected chi connectivity index (χ0v) is 14.7. The molecule has 0 radical (unpaired) electrons. The third kappa shape index (κ3) is 3.60. The predicted octanol–water partition coefficient (Wildman–Crippen LogP) is 2.86. The number of ether oxygens (including phenoxy) is 1. The van der Waals surface area contributed by atoms with Crippen LogP contribution >= 0.6 is 0 Å². The van der Waals surface area contributed by atoms with Crippen LogP contribution in [0.15, 0.2) is 47.3 Å². The van der Waals surface area contributed by atoms with Gasteiger partial charge in [-0.2, -0.15) is 0 Å². The Balaban J connectivity index is 1.48. The number of rotatable bonds is 3. The van der Waals surface area contributed by atoms with Crippen molar-refractivity contribution in [1.82, 2.24) is 14.9 Å². The first kappa shape index (κ1) is 16.7. The number of hydrogen-bond acceptors (Lipinski definition) is 5. The van der Waals surface area contributed by atoms with Gasteiger partial charge in [0.2, 0.25) is 0 Å². The lowest BCUT2D eigenvalue weighted by molar-refractivity contribution is 0.0731. The van der Waals surface area contributed by atoms with E-state index in [-0.39, 0.29) is 11.8 Å². The Morgan fingerprint density at radius 2 is 2.19 bits per heavy atom.